The molecular weight excluding hydrogens is 446 g/mol. The smallest absolute Gasteiger partial charge is 0.181 e. The first-order valence-electron chi connectivity index (χ1n) is 11.7. The van der Waals surface area contributed by atoms with E-state index in [-0.39, 0.29) is 5.57 Å². The molecule has 5 rings (SSSR count). The fourth-order valence-corrected chi connectivity index (χ4v) is 4.80. The van der Waals surface area contributed by atoms with Crippen LogP contribution in [0.4, 0.5) is 17.1 Å². The van der Waals surface area contributed by atoms with Crippen molar-refractivity contribution in [2.24, 2.45) is 0 Å². The van der Waals surface area contributed by atoms with Crippen molar-refractivity contribution in [3.63, 3.8) is 0 Å². The van der Waals surface area contributed by atoms with Crippen LogP contribution < -0.4 is 4.90 Å². The van der Waals surface area contributed by atoms with Gasteiger partial charge in [-0.2, -0.15) is 10.5 Å². The molecule has 0 saturated heterocycles. The number of furan rings is 2. The van der Waals surface area contributed by atoms with Crippen molar-refractivity contribution in [1.29, 1.82) is 10.5 Å². The highest BCUT2D eigenvalue weighted by Crippen LogP contribution is 2.43. The Morgan fingerprint density at radius 2 is 1.36 bits per heavy atom. The highest BCUT2D eigenvalue weighted by molar-refractivity contribution is 6.03. The molecule has 0 amide bonds. The van der Waals surface area contributed by atoms with Crippen molar-refractivity contribution >= 4 is 45.3 Å². The number of nitrogens with zero attached hydrogens (tertiary/aromatic N) is 3. The number of nitriles is 2. The highest BCUT2D eigenvalue weighted by atomic mass is 16.4. The van der Waals surface area contributed by atoms with Gasteiger partial charge in [0, 0.05) is 29.6 Å². The number of anilines is 3. The van der Waals surface area contributed by atoms with E-state index < -0.39 is 0 Å². The van der Waals surface area contributed by atoms with Crippen molar-refractivity contribution < 1.29 is 8.83 Å². The first kappa shape index (κ1) is 23.0. The minimum absolute atomic E-state index is 0.0223. The molecule has 0 fully saturated rings. The number of fused-ring (bicyclic) bond motifs is 3. The number of hydrogen-bond donors (Lipinski definition) is 0. The van der Waals surface area contributed by atoms with Crippen LogP contribution in [0.5, 0.6) is 0 Å². The summed E-state index contributed by atoms with van der Waals surface area (Å²) in [6, 6.07) is 21.9. The molecule has 2 aromatic heterocycles. The summed E-state index contributed by atoms with van der Waals surface area (Å²) in [5.74, 6) is 0.413. The third kappa shape index (κ3) is 3.63. The van der Waals surface area contributed by atoms with Gasteiger partial charge >= 0.3 is 0 Å². The van der Waals surface area contributed by atoms with Crippen LogP contribution in [0, 0.1) is 57.3 Å². The molecule has 0 atom stereocenters. The summed E-state index contributed by atoms with van der Waals surface area (Å²) in [7, 11) is 0. The maximum atomic E-state index is 9.03. The molecule has 0 spiro atoms. The van der Waals surface area contributed by atoms with Gasteiger partial charge in [0.15, 0.2) is 11.2 Å². The molecule has 5 nitrogen and oxygen atoms in total. The Kier molecular flexibility index (Phi) is 5.63. The maximum Gasteiger partial charge on any atom is 0.181 e. The van der Waals surface area contributed by atoms with Crippen molar-refractivity contribution in [1.82, 2.24) is 0 Å². The number of hydrogen-bond acceptors (Lipinski definition) is 5. The van der Waals surface area contributed by atoms with Crippen LogP contribution >= 0.6 is 0 Å². The molecule has 0 radical (unpaired) electrons. The third-order valence-corrected chi connectivity index (χ3v) is 7.13. The lowest BCUT2D eigenvalue weighted by Crippen LogP contribution is -2.15. The van der Waals surface area contributed by atoms with E-state index in [0.717, 1.165) is 16.8 Å². The van der Waals surface area contributed by atoms with E-state index in [0.29, 0.717) is 22.5 Å². The van der Waals surface area contributed by atoms with E-state index >= 15 is 0 Å². The van der Waals surface area contributed by atoms with E-state index in [9.17, 15) is 0 Å². The third-order valence-electron chi connectivity index (χ3n) is 7.13. The van der Waals surface area contributed by atoms with Gasteiger partial charge in [0.05, 0.1) is 11.1 Å². The zero-order chi connectivity index (χ0) is 25.6. The lowest BCUT2D eigenvalue weighted by atomic mass is 9.92. The Balaban J connectivity index is 1.71. The summed E-state index contributed by atoms with van der Waals surface area (Å²) in [6.07, 6.45) is 1.42. The first-order valence-corrected chi connectivity index (χ1v) is 11.7. The van der Waals surface area contributed by atoms with Gasteiger partial charge in [-0.05, 0) is 86.7 Å². The second-order valence-electron chi connectivity index (χ2n) is 9.05. The van der Waals surface area contributed by atoms with Gasteiger partial charge in [-0.15, -0.1) is 0 Å². The van der Waals surface area contributed by atoms with Crippen LogP contribution in [0.3, 0.4) is 0 Å². The minimum atomic E-state index is -0.0223. The van der Waals surface area contributed by atoms with Gasteiger partial charge in [0.1, 0.15) is 29.1 Å². The summed E-state index contributed by atoms with van der Waals surface area (Å²) in [4.78, 5) is 2.29. The predicted molar refractivity (Wildman–Crippen MR) is 144 cm³/mol. The van der Waals surface area contributed by atoms with Crippen molar-refractivity contribution in [2.75, 3.05) is 4.90 Å². The summed E-state index contributed by atoms with van der Waals surface area (Å²) < 4.78 is 12.1. The van der Waals surface area contributed by atoms with E-state index in [2.05, 4.69) is 57.7 Å². The number of rotatable bonds is 4. The number of para-hydroxylation sites is 1. The molecule has 0 saturated carbocycles. The molecule has 0 aliphatic heterocycles. The van der Waals surface area contributed by atoms with Crippen LogP contribution in [0.15, 0.2) is 69.0 Å². The summed E-state index contributed by atoms with van der Waals surface area (Å²) in [5, 5.41) is 18.9. The fraction of sp³-hybridized carbons (Fsp3) is 0.161. The molecule has 0 unspecified atom stereocenters. The molecule has 2 heterocycles. The summed E-state index contributed by atoms with van der Waals surface area (Å²) >= 11 is 0. The van der Waals surface area contributed by atoms with Crippen LogP contribution in [0.1, 0.15) is 33.6 Å². The monoisotopic (exact) mass is 471 g/mol. The Morgan fingerprint density at radius 1 is 0.722 bits per heavy atom. The van der Waals surface area contributed by atoms with Gasteiger partial charge in [-0.25, -0.2) is 0 Å². The first-order chi connectivity index (χ1) is 17.3. The van der Waals surface area contributed by atoms with Crippen LogP contribution in [-0.2, 0) is 0 Å². The van der Waals surface area contributed by atoms with Gasteiger partial charge < -0.3 is 13.7 Å². The van der Waals surface area contributed by atoms with Crippen molar-refractivity contribution in [3.05, 3.63) is 93.7 Å². The topological polar surface area (TPSA) is 77.1 Å². The molecule has 0 N–H and O–H groups in total. The van der Waals surface area contributed by atoms with Crippen molar-refractivity contribution in [3.8, 4) is 12.1 Å². The fourth-order valence-electron chi connectivity index (χ4n) is 4.80. The maximum absolute atomic E-state index is 9.03. The normalized spacial score (nSPS) is 10.9. The zero-order valence-corrected chi connectivity index (χ0v) is 20.9. The molecule has 0 aliphatic rings. The zero-order valence-electron chi connectivity index (χ0n) is 20.9. The van der Waals surface area contributed by atoms with Crippen LogP contribution in [0.25, 0.3) is 28.2 Å². The second kappa shape index (κ2) is 8.80. The lowest BCUT2D eigenvalue weighted by Gasteiger charge is -2.31. The van der Waals surface area contributed by atoms with E-state index in [1.165, 1.54) is 39.6 Å². The molecule has 0 bridgehead atoms. The second-order valence-corrected chi connectivity index (χ2v) is 9.05. The van der Waals surface area contributed by atoms with Crippen LogP contribution in [0.2, 0.25) is 0 Å². The van der Waals surface area contributed by atoms with Crippen LogP contribution in [-0.4, -0.2) is 0 Å². The van der Waals surface area contributed by atoms with E-state index in [1.807, 2.05) is 42.5 Å². The Bertz CT molecular complexity index is 1710. The summed E-state index contributed by atoms with van der Waals surface area (Å²) in [6.45, 7) is 10.9. The Hall–Kier alpha value is -4.74. The molecule has 0 aliphatic carbocycles. The van der Waals surface area contributed by atoms with Gasteiger partial charge in [0.2, 0.25) is 0 Å². The molecule has 5 heteroatoms. The average Bonchev–Trinajstić information content (AvgIpc) is 3.44. The molecule has 176 valence electrons. The van der Waals surface area contributed by atoms with E-state index in [1.54, 1.807) is 6.07 Å². The lowest BCUT2D eigenvalue weighted by molar-refractivity contribution is 0.605. The number of benzene rings is 3. The largest absolute Gasteiger partial charge is 0.452 e. The van der Waals surface area contributed by atoms with E-state index in [4.69, 9.17) is 19.4 Å². The van der Waals surface area contributed by atoms with Gasteiger partial charge in [-0.1, -0.05) is 18.2 Å². The number of allylic oxidation sites excluding steroid dienone is 1. The standard InChI is InChI=1S/C31H25N3O2/c1-18-19(2)21(4)30(22(5)20(18)3)34(24-9-7-6-8-10-24)25-11-12-27-28(14-25)36-29-15-26(35-31(27)29)13-23(16-32)17-33/h6-15H,1-5H3. The van der Waals surface area contributed by atoms with Crippen molar-refractivity contribution in [2.45, 2.75) is 34.6 Å². The molecular formula is C31H25N3O2. The molecule has 5 aromatic rings. The summed E-state index contributed by atoms with van der Waals surface area (Å²) in [5.41, 5.74) is 11.5. The highest BCUT2D eigenvalue weighted by Gasteiger charge is 2.22. The Labute approximate surface area is 210 Å². The average molecular weight is 472 g/mol. The van der Waals surface area contributed by atoms with Gasteiger partial charge in [-0.3, -0.25) is 0 Å². The molecule has 36 heavy (non-hydrogen) atoms. The predicted octanol–water partition coefficient (Wildman–Crippen LogP) is 8.62. The Morgan fingerprint density at radius 3 is 2.00 bits per heavy atom. The van der Waals surface area contributed by atoms with Gasteiger partial charge in [0.25, 0.3) is 0 Å². The quantitative estimate of drug-likeness (QED) is 0.245. The molecule has 3 aromatic carbocycles. The minimum Gasteiger partial charge on any atom is -0.452 e. The SMILES string of the molecule is Cc1c(C)c(C)c(N(c2ccccc2)c2ccc3c(c2)oc2cc(C=C(C#N)C#N)oc23)c(C)c1C.